The van der Waals surface area contributed by atoms with E-state index in [1.807, 2.05) is 24.3 Å². The third-order valence-electron chi connectivity index (χ3n) is 6.00. The largest absolute Gasteiger partial charge is 0.497 e. The van der Waals surface area contributed by atoms with Crippen molar-refractivity contribution in [2.45, 2.75) is 52.0 Å². The second kappa shape index (κ2) is 7.54. The maximum Gasteiger partial charge on any atom is 0.329 e. The number of fused-ring (bicyclic) bond motifs is 3. The Morgan fingerprint density at radius 2 is 2.03 bits per heavy atom. The molecule has 0 aliphatic heterocycles. The molecular weight excluding hydrogens is 400 g/mol. The van der Waals surface area contributed by atoms with E-state index in [0.29, 0.717) is 23.5 Å². The van der Waals surface area contributed by atoms with Gasteiger partial charge in [0.2, 0.25) is 0 Å². The molecule has 0 saturated heterocycles. The Morgan fingerprint density at radius 1 is 1.33 bits per heavy atom. The van der Waals surface area contributed by atoms with E-state index in [0.717, 1.165) is 41.0 Å². The predicted octanol–water partition coefficient (Wildman–Crippen LogP) is 4.00. The second-order valence-electron chi connectivity index (χ2n) is 8.59. The van der Waals surface area contributed by atoms with Crippen molar-refractivity contribution in [2.24, 2.45) is 5.92 Å². The van der Waals surface area contributed by atoms with E-state index in [4.69, 9.17) is 9.72 Å². The van der Waals surface area contributed by atoms with Gasteiger partial charge in [0, 0.05) is 11.3 Å². The standard InChI is InChI=1S/C23H26N2O4S/c1-13-5-10-16-17(11-13)30-20-19(16)21(26)25(23(2,3)22(27)28)18(24-20)12-14-6-8-15(29-4)9-7-14/h6-9,13H,5,10-12H2,1-4H3,(H,27,28). The van der Waals surface area contributed by atoms with Gasteiger partial charge in [0.1, 0.15) is 21.9 Å². The summed E-state index contributed by atoms with van der Waals surface area (Å²) in [5.74, 6) is 0.739. The number of carboxylic acids is 1. The number of aryl methyl sites for hydroxylation is 1. The van der Waals surface area contributed by atoms with Crippen molar-refractivity contribution in [3.05, 3.63) is 56.4 Å². The molecule has 4 rings (SSSR count). The summed E-state index contributed by atoms with van der Waals surface area (Å²) >= 11 is 1.58. The van der Waals surface area contributed by atoms with Crippen LogP contribution < -0.4 is 10.3 Å². The normalized spacial score (nSPS) is 16.5. The van der Waals surface area contributed by atoms with Crippen molar-refractivity contribution < 1.29 is 14.6 Å². The Labute approximate surface area is 179 Å². The molecule has 2 heterocycles. The fourth-order valence-electron chi connectivity index (χ4n) is 4.15. The van der Waals surface area contributed by atoms with Gasteiger partial charge in [-0.15, -0.1) is 11.3 Å². The molecule has 6 nitrogen and oxygen atoms in total. The summed E-state index contributed by atoms with van der Waals surface area (Å²) in [5, 5.41) is 10.5. The molecule has 0 radical (unpaired) electrons. The first-order valence-electron chi connectivity index (χ1n) is 10.1. The first-order valence-corrected chi connectivity index (χ1v) is 11.0. The van der Waals surface area contributed by atoms with Crippen LogP contribution in [0.25, 0.3) is 10.2 Å². The average molecular weight is 427 g/mol. The van der Waals surface area contributed by atoms with Crippen molar-refractivity contribution >= 4 is 27.5 Å². The number of rotatable bonds is 5. The summed E-state index contributed by atoms with van der Waals surface area (Å²) in [7, 11) is 1.61. The van der Waals surface area contributed by atoms with E-state index >= 15 is 0 Å². The molecule has 30 heavy (non-hydrogen) atoms. The van der Waals surface area contributed by atoms with E-state index < -0.39 is 11.5 Å². The molecule has 158 valence electrons. The Bertz CT molecular complexity index is 1170. The van der Waals surface area contributed by atoms with Gasteiger partial charge >= 0.3 is 5.97 Å². The van der Waals surface area contributed by atoms with E-state index in [-0.39, 0.29) is 5.56 Å². The third-order valence-corrected chi connectivity index (χ3v) is 7.15. The fourth-order valence-corrected chi connectivity index (χ4v) is 5.54. The van der Waals surface area contributed by atoms with E-state index in [1.165, 1.54) is 9.44 Å². The van der Waals surface area contributed by atoms with E-state index in [2.05, 4.69) is 6.92 Å². The molecule has 2 aromatic heterocycles. The lowest BCUT2D eigenvalue weighted by atomic mass is 9.89. The Hall–Kier alpha value is -2.67. The van der Waals surface area contributed by atoms with Gasteiger partial charge in [-0.1, -0.05) is 19.1 Å². The first kappa shape index (κ1) is 20.6. The third kappa shape index (κ3) is 3.41. The Kier molecular flexibility index (Phi) is 5.18. The Balaban J connectivity index is 1.93. The highest BCUT2D eigenvalue weighted by atomic mass is 32.1. The van der Waals surface area contributed by atoms with E-state index in [9.17, 15) is 14.7 Å². The molecule has 7 heteroatoms. The minimum absolute atomic E-state index is 0.247. The molecule has 0 spiro atoms. The molecule has 1 N–H and O–H groups in total. The zero-order valence-corrected chi connectivity index (χ0v) is 18.5. The van der Waals surface area contributed by atoms with Crippen LogP contribution in [0.5, 0.6) is 5.75 Å². The van der Waals surface area contributed by atoms with Crippen LogP contribution in [0.3, 0.4) is 0 Å². The lowest BCUT2D eigenvalue weighted by molar-refractivity contribution is -0.146. The quantitative estimate of drug-likeness (QED) is 0.667. The highest BCUT2D eigenvalue weighted by Crippen LogP contribution is 2.36. The van der Waals surface area contributed by atoms with Crippen molar-refractivity contribution in [2.75, 3.05) is 7.11 Å². The predicted molar refractivity (Wildman–Crippen MR) is 118 cm³/mol. The number of aliphatic carboxylic acids is 1. The van der Waals surface area contributed by atoms with Crippen molar-refractivity contribution in [1.82, 2.24) is 9.55 Å². The zero-order chi connectivity index (χ0) is 21.6. The van der Waals surface area contributed by atoms with E-state index in [1.54, 1.807) is 32.3 Å². The number of thiophene rings is 1. The molecule has 1 atom stereocenters. The van der Waals surface area contributed by atoms with Gasteiger partial charge in [-0.3, -0.25) is 9.36 Å². The number of nitrogens with zero attached hydrogens (tertiary/aromatic N) is 2. The van der Waals surface area contributed by atoms with Crippen LogP contribution in [-0.2, 0) is 29.6 Å². The number of aromatic nitrogens is 2. The van der Waals surface area contributed by atoms with Crippen LogP contribution >= 0.6 is 11.3 Å². The minimum atomic E-state index is -1.41. The molecular formula is C23H26N2O4S. The SMILES string of the molecule is COc1ccc(Cc2nc3sc4c(c3c(=O)n2C(C)(C)C(=O)O)CCC(C)C4)cc1. The number of hydrogen-bond donors (Lipinski definition) is 1. The highest BCUT2D eigenvalue weighted by Gasteiger charge is 2.35. The van der Waals surface area contributed by atoms with Gasteiger partial charge in [-0.2, -0.15) is 0 Å². The first-order chi connectivity index (χ1) is 14.2. The molecule has 0 fully saturated rings. The number of ether oxygens (including phenoxy) is 1. The summed E-state index contributed by atoms with van der Waals surface area (Å²) in [6, 6.07) is 7.52. The van der Waals surface area contributed by atoms with Crippen molar-refractivity contribution in [3.63, 3.8) is 0 Å². The zero-order valence-electron chi connectivity index (χ0n) is 17.7. The molecule has 1 aliphatic rings. The summed E-state index contributed by atoms with van der Waals surface area (Å²) in [6.07, 6.45) is 3.20. The molecule has 1 aromatic carbocycles. The van der Waals surface area contributed by atoms with Crippen molar-refractivity contribution in [3.8, 4) is 5.75 Å². The van der Waals surface area contributed by atoms with Crippen LogP contribution in [0.15, 0.2) is 29.1 Å². The lowest BCUT2D eigenvalue weighted by Gasteiger charge is -2.26. The van der Waals surface area contributed by atoms with Gasteiger partial charge in [0.15, 0.2) is 0 Å². The summed E-state index contributed by atoms with van der Waals surface area (Å²) in [6.45, 7) is 5.34. The van der Waals surface area contributed by atoms with Crippen LogP contribution in [0.1, 0.15) is 49.0 Å². The van der Waals surface area contributed by atoms with Gasteiger partial charge in [-0.25, -0.2) is 9.78 Å². The average Bonchev–Trinajstić information content (AvgIpc) is 3.05. The van der Waals surface area contributed by atoms with Crippen molar-refractivity contribution in [1.29, 1.82) is 0 Å². The fraction of sp³-hybridized carbons (Fsp3) is 0.435. The minimum Gasteiger partial charge on any atom is -0.497 e. The maximum absolute atomic E-state index is 13.7. The van der Waals surface area contributed by atoms with Gasteiger partial charge in [0.05, 0.1) is 12.5 Å². The molecule has 1 aliphatic carbocycles. The van der Waals surface area contributed by atoms with Gasteiger partial charge in [-0.05, 0) is 62.3 Å². The van der Waals surface area contributed by atoms with Crippen LogP contribution in [0, 0.1) is 5.92 Å². The molecule has 3 aromatic rings. The van der Waals surface area contributed by atoms with Crippen LogP contribution in [-0.4, -0.2) is 27.7 Å². The number of benzene rings is 1. The van der Waals surface area contributed by atoms with Gasteiger partial charge in [0.25, 0.3) is 5.56 Å². The molecule has 0 bridgehead atoms. The summed E-state index contributed by atoms with van der Waals surface area (Å²) in [4.78, 5) is 32.5. The smallest absolute Gasteiger partial charge is 0.329 e. The molecule has 0 saturated carbocycles. The number of carboxylic acid groups (broad SMARTS) is 1. The highest BCUT2D eigenvalue weighted by molar-refractivity contribution is 7.18. The number of methoxy groups -OCH3 is 1. The lowest BCUT2D eigenvalue weighted by Crippen LogP contribution is -2.45. The van der Waals surface area contributed by atoms with Gasteiger partial charge < -0.3 is 9.84 Å². The topological polar surface area (TPSA) is 81.4 Å². The van der Waals surface area contributed by atoms with Crippen LogP contribution in [0.4, 0.5) is 0 Å². The monoisotopic (exact) mass is 426 g/mol. The number of hydrogen-bond acceptors (Lipinski definition) is 5. The summed E-state index contributed by atoms with van der Waals surface area (Å²) < 4.78 is 6.60. The second-order valence-corrected chi connectivity index (χ2v) is 9.67. The molecule has 0 amide bonds. The Morgan fingerprint density at radius 3 is 2.67 bits per heavy atom. The summed E-state index contributed by atoms with van der Waals surface area (Å²) in [5.41, 5.74) is 0.350. The number of carbonyl (C=O) groups is 1. The maximum atomic E-state index is 13.7. The molecule has 1 unspecified atom stereocenters. The van der Waals surface area contributed by atoms with Crippen LogP contribution in [0.2, 0.25) is 0 Å².